The molecule has 0 amide bonds. The van der Waals surface area contributed by atoms with Crippen LogP contribution in [0, 0.1) is 5.41 Å². The van der Waals surface area contributed by atoms with Gasteiger partial charge in [0.15, 0.2) is 0 Å². The van der Waals surface area contributed by atoms with Gasteiger partial charge < -0.3 is 5.41 Å². The van der Waals surface area contributed by atoms with Gasteiger partial charge in [-0.15, -0.1) is 0 Å². The van der Waals surface area contributed by atoms with Crippen LogP contribution in [0.15, 0.2) is 205 Å². The van der Waals surface area contributed by atoms with Crippen molar-refractivity contribution in [3.63, 3.8) is 0 Å². The van der Waals surface area contributed by atoms with Crippen LogP contribution in [0.25, 0.3) is 71.7 Å². The Labute approximate surface area is 345 Å². The molecule has 0 saturated heterocycles. The number of nitrogens with zero attached hydrogens (tertiary/aromatic N) is 2. The lowest BCUT2D eigenvalue weighted by Crippen LogP contribution is -2.14. The fraction of sp³-hybridized carbons (Fsp3) is 0.0536. The molecule has 0 saturated carbocycles. The molecule has 1 aliphatic rings. The number of fused-ring (bicyclic) bond motifs is 6. The monoisotopic (exact) mass is 755 g/mol. The van der Waals surface area contributed by atoms with Crippen molar-refractivity contribution in [3.05, 3.63) is 228 Å². The SMILES string of the molecule is CC1(C)c2ccc(-c3cccc(-c4ccc(C=N/C(=C\C(=N)c5ccccc5)c5cccc(-c6cccnc6)c5)c5ccccc45)c3)cc2-c2c1ccc1ccccc21. The average Bonchev–Trinajstić information content (AvgIpc) is 3.53. The molecule has 1 N–H and O–H groups in total. The first-order valence-corrected chi connectivity index (χ1v) is 20.1. The molecule has 0 fully saturated rings. The molecule has 0 bridgehead atoms. The predicted octanol–water partition coefficient (Wildman–Crippen LogP) is 14.2. The molecule has 0 unspecified atom stereocenters. The van der Waals surface area contributed by atoms with Crippen LogP contribution >= 0.6 is 0 Å². The van der Waals surface area contributed by atoms with Gasteiger partial charge in [0, 0.05) is 40.7 Å². The maximum Gasteiger partial charge on any atom is 0.0723 e. The minimum absolute atomic E-state index is 0.0663. The van der Waals surface area contributed by atoms with E-state index in [1.807, 2.05) is 61.0 Å². The fourth-order valence-electron chi connectivity index (χ4n) is 8.82. The lowest BCUT2D eigenvalue weighted by Gasteiger charge is -2.21. The second kappa shape index (κ2) is 14.8. The summed E-state index contributed by atoms with van der Waals surface area (Å²) >= 11 is 0. The summed E-state index contributed by atoms with van der Waals surface area (Å²) in [7, 11) is 0. The Morgan fingerprint density at radius 1 is 0.525 bits per heavy atom. The molecule has 3 heteroatoms. The van der Waals surface area contributed by atoms with Gasteiger partial charge in [0.25, 0.3) is 0 Å². The molecule has 0 spiro atoms. The molecule has 9 aromatic rings. The van der Waals surface area contributed by atoms with Crippen molar-refractivity contribution in [3.8, 4) is 44.5 Å². The molecule has 59 heavy (non-hydrogen) atoms. The highest BCUT2D eigenvalue weighted by molar-refractivity contribution is 6.12. The van der Waals surface area contributed by atoms with E-state index >= 15 is 0 Å². The number of hydrogen-bond donors (Lipinski definition) is 1. The van der Waals surface area contributed by atoms with Gasteiger partial charge in [0.1, 0.15) is 0 Å². The van der Waals surface area contributed by atoms with Crippen LogP contribution in [0.1, 0.15) is 41.7 Å². The Hall–Kier alpha value is -7.49. The Morgan fingerprint density at radius 3 is 2.03 bits per heavy atom. The zero-order valence-corrected chi connectivity index (χ0v) is 33.0. The van der Waals surface area contributed by atoms with Gasteiger partial charge in [-0.25, -0.2) is 0 Å². The van der Waals surface area contributed by atoms with E-state index in [0.29, 0.717) is 11.4 Å². The van der Waals surface area contributed by atoms with Gasteiger partial charge in [0.2, 0.25) is 0 Å². The van der Waals surface area contributed by atoms with Crippen molar-refractivity contribution in [2.75, 3.05) is 0 Å². The highest BCUT2D eigenvalue weighted by Crippen LogP contribution is 2.52. The molecule has 8 aromatic carbocycles. The lowest BCUT2D eigenvalue weighted by molar-refractivity contribution is 0.661. The van der Waals surface area contributed by atoms with Crippen LogP contribution in [0.3, 0.4) is 0 Å². The topological polar surface area (TPSA) is 49.1 Å². The van der Waals surface area contributed by atoms with Crippen LogP contribution in [0.2, 0.25) is 0 Å². The summed E-state index contributed by atoms with van der Waals surface area (Å²) in [6.45, 7) is 4.70. The second-order valence-corrected chi connectivity index (χ2v) is 15.8. The molecular formula is C56H41N3. The van der Waals surface area contributed by atoms with E-state index in [0.717, 1.165) is 44.2 Å². The van der Waals surface area contributed by atoms with E-state index < -0.39 is 0 Å². The van der Waals surface area contributed by atoms with Gasteiger partial charge in [0.05, 0.1) is 11.4 Å². The molecular weight excluding hydrogens is 715 g/mol. The number of aliphatic imine (C=N–C) groups is 1. The van der Waals surface area contributed by atoms with Crippen molar-refractivity contribution < 1.29 is 0 Å². The second-order valence-electron chi connectivity index (χ2n) is 15.8. The van der Waals surface area contributed by atoms with Crippen LogP contribution in [0.4, 0.5) is 0 Å². The molecule has 0 aliphatic heterocycles. The third-order valence-corrected chi connectivity index (χ3v) is 11.9. The third kappa shape index (κ3) is 6.57. The molecule has 1 aromatic heterocycles. The van der Waals surface area contributed by atoms with E-state index in [2.05, 4.69) is 158 Å². The zero-order valence-electron chi connectivity index (χ0n) is 33.0. The molecule has 0 atom stereocenters. The van der Waals surface area contributed by atoms with E-state index in [4.69, 9.17) is 10.4 Å². The standard InChI is InChI=1S/C56H41N3/c1-56(2)51-28-26-41(33-50(51)55-48-22-7-6-13-37(48)25-29-52(55)56)39-16-10-18-42(31-39)47-27-24-45(46-21-8-9-23-49(46)47)36-59-54(34-53(57)38-14-4-3-5-15-38)43-19-11-17-40(32-43)44-20-12-30-58-35-44/h3-36,57H,1-2H3/b54-34-,57-53?,59-36?. The Bertz CT molecular complexity index is 3140. The number of aromatic nitrogens is 1. The molecule has 0 radical (unpaired) electrons. The summed E-state index contributed by atoms with van der Waals surface area (Å²) in [6, 6.07) is 64.4. The van der Waals surface area contributed by atoms with Crippen LogP contribution < -0.4 is 0 Å². The quantitative estimate of drug-likeness (QED) is 0.154. The minimum atomic E-state index is -0.0663. The Kier molecular flexibility index (Phi) is 8.99. The van der Waals surface area contributed by atoms with Crippen molar-refractivity contribution in [2.24, 2.45) is 4.99 Å². The maximum atomic E-state index is 9.00. The first kappa shape index (κ1) is 35.9. The van der Waals surface area contributed by atoms with E-state index in [1.54, 1.807) is 6.20 Å². The molecule has 1 heterocycles. The van der Waals surface area contributed by atoms with E-state index in [1.165, 1.54) is 49.7 Å². The van der Waals surface area contributed by atoms with Crippen molar-refractivity contribution in [2.45, 2.75) is 19.3 Å². The smallest absolute Gasteiger partial charge is 0.0723 e. The van der Waals surface area contributed by atoms with Gasteiger partial charge in [-0.3, -0.25) is 9.98 Å². The number of rotatable bonds is 8. The van der Waals surface area contributed by atoms with E-state index in [9.17, 15) is 0 Å². The maximum absolute atomic E-state index is 9.00. The predicted molar refractivity (Wildman–Crippen MR) is 248 cm³/mol. The normalized spacial score (nSPS) is 13.2. The summed E-state index contributed by atoms with van der Waals surface area (Å²) in [5.74, 6) is 0. The van der Waals surface area contributed by atoms with Crippen molar-refractivity contribution in [1.82, 2.24) is 4.98 Å². The summed E-state index contributed by atoms with van der Waals surface area (Å²) < 4.78 is 0. The van der Waals surface area contributed by atoms with Gasteiger partial charge >= 0.3 is 0 Å². The number of benzene rings is 8. The van der Waals surface area contributed by atoms with Crippen LogP contribution in [-0.2, 0) is 5.41 Å². The summed E-state index contributed by atoms with van der Waals surface area (Å²) in [6.07, 6.45) is 7.45. The molecule has 1 aliphatic carbocycles. The van der Waals surface area contributed by atoms with Crippen molar-refractivity contribution in [1.29, 1.82) is 5.41 Å². The number of pyridine rings is 1. The summed E-state index contributed by atoms with van der Waals surface area (Å²) in [4.78, 5) is 9.46. The van der Waals surface area contributed by atoms with Gasteiger partial charge in [-0.05, 0) is 108 Å². The highest BCUT2D eigenvalue weighted by atomic mass is 14.7. The minimum Gasteiger partial charge on any atom is -0.300 e. The molecule has 3 nitrogen and oxygen atoms in total. The average molecular weight is 756 g/mol. The van der Waals surface area contributed by atoms with Gasteiger partial charge in [-0.2, -0.15) is 0 Å². The number of hydrogen-bond acceptors (Lipinski definition) is 3. The van der Waals surface area contributed by atoms with Crippen LogP contribution in [-0.4, -0.2) is 16.9 Å². The van der Waals surface area contributed by atoms with Crippen LogP contribution in [0.5, 0.6) is 0 Å². The summed E-state index contributed by atoms with van der Waals surface area (Å²) in [5, 5.41) is 13.9. The van der Waals surface area contributed by atoms with Gasteiger partial charge in [-0.1, -0.05) is 172 Å². The van der Waals surface area contributed by atoms with Crippen molar-refractivity contribution >= 4 is 39.2 Å². The first-order valence-electron chi connectivity index (χ1n) is 20.1. The Balaban J connectivity index is 1.03. The third-order valence-electron chi connectivity index (χ3n) is 11.9. The Morgan fingerprint density at radius 2 is 1.20 bits per heavy atom. The first-order chi connectivity index (χ1) is 28.9. The largest absolute Gasteiger partial charge is 0.300 e. The number of nitrogens with one attached hydrogen (secondary N) is 1. The lowest BCUT2D eigenvalue weighted by atomic mass is 9.82. The zero-order chi connectivity index (χ0) is 39.9. The highest BCUT2D eigenvalue weighted by Gasteiger charge is 2.36. The number of allylic oxidation sites excluding steroid dienone is 1. The summed E-state index contributed by atoms with van der Waals surface area (Å²) in [5.41, 5.74) is 16.1. The molecule has 10 rings (SSSR count). The van der Waals surface area contributed by atoms with E-state index in [-0.39, 0.29) is 5.41 Å². The molecule has 280 valence electrons. The fourth-order valence-corrected chi connectivity index (χ4v) is 8.82.